The second-order valence-electron chi connectivity index (χ2n) is 8.42. The van der Waals surface area contributed by atoms with Gasteiger partial charge in [0.2, 0.25) is 0 Å². The van der Waals surface area contributed by atoms with E-state index in [2.05, 4.69) is 40.4 Å². The fourth-order valence-corrected chi connectivity index (χ4v) is 3.57. The van der Waals surface area contributed by atoms with Crippen molar-refractivity contribution in [2.75, 3.05) is 17.2 Å². The quantitative estimate of drug-likeness (QED) is 0.344. The summed E-state index contributed by atoms with van der Waals surface area (Å²) in [4.78, 5) is 26.1. The normalized spacial score (nSPS) is 10.7. The summed E-state index contributed by atoms with van der Waals surface area (Å²) in [5.41, 5.74) is 4.16. The van der Waals surface area contributed by atoms with Gasteiger partial charge in [-0.25, -0.2) is 0 Å². The van der Waals surface area contributed by atoms with E-state index >= 15 is 0 Å². The maximum Gasteiger partial charge on any atom is 0.259 e. The lowest BCUT2D eigenvalue weighted by Crippen LogP contribution is -2.19. The van der Waals surface area contributed by atoms with Crippen LogP contribution in [0.4, 0.5) is 11.4 Å². The van der Waals surface area contributed by atoms with Crippen LogP contribution in [0.15, 0.2) is 65.1 Å². The zero-order valence-corrected chi connectivity index (χ0v) is 21.0. The number of hydrogen-bond acceptors (Lipinski definition) is 3. The zero-order valence-electron chi connectivity index (χ0n) is 19.4. The molecule has 0 aromatic heterocycles. The van der Waals surface area contributed by atoms with Gasteiger partial charge in [-0.15, -0.1) is 0 Å². The second-order valence-corrected chi connectivity index (χ2v) is 9.34. The topological polar surface area (TPSA) is 67.4 Å². The average Bonchev–Trinajstić information content (AvgIpc) is 2.77. The molecule has 3 rings (SSSR count). The number of anilines is 2. The van der Waals surface area contributed by atoms with E-state index in [0.29, 0.717) is 40.8 Å². The van der Waals surface area contributed by atoms with Gasteiger partial charge in [0.25, 0.3) is 11.8 Å². The lowest BCUT2D eigenvalue weighted by molar-refractivity contribution is 0.102. The number of aryl methyl sites for hydroxylation is 2. The highest BCUT2D eigenvalue weighted by Gasteiger charge is 2.18. The van der Waals surface area contributed by atoms with Crippen LogP contribution in [-0.4, -0.2) is 18.4 Å². The molecule has 2 amide bonds. The highest BCUT2D eigenvalue weighted by Crippen LogP contribution is 2.26. The van der Waals surface area contributed by atoms with E-state index in [1.807, 2.05) is 38.1 Å². The highest BCUT2D eigenvalue weighted by molar-refractivity contribution is 9.10. The Morgan fingerprint density at radius 1 is 0.879 bits per heavy atom. The van der Waals surface area contributed by atoms with Gasteiger partial charge in [0, 0.05) is 10.2 Å². The van der Waals surface area contributed by atoms with Crippen LogP contribution in [0.2, 0.25) is 0 Å². The summed E-state index contributed by atoms with van der Waals surface area (Å²) < 4.78 is 6.65. The molecule has 33 heavy (non-hydrogen) atoms. The standard InChI is InChI=1S/C27H29BrN2O3/c1-17(2)13-14-33-25-12-10-20(28)16-23(25)27(32)30-24-8-6-5-7-22(24)26(31)29-21-11-9-18(3)19(4)15-21/h5-12,15-17H,13-14H2,1-4H3,(H,29,31)(H,30,32). The first kappa shape index (κ1) is 24.5. The number of nitrogens with one attached hydrogen (secondary N) is 2. The number of rotatable bonds is 8. The van der Waals surface area contributed by atoms with Crippen molar-refractivity contribution in [3.8, 4) is 5.75 Å². The molecule has 0 atom stereocenters. The molecule has 0 saturated heterocycles. The fourth-order valence-electron chi connectivity index (χ4n) is 3.21. The monoisotopic (exact) mass is 508 g/mol. The summed E-state index contributed by atoms with van der Waals surface area (Å²) in [5, 5.41) is 5.80. The predicted molar refractivity (Wildman–Crippen MR) is 137 cm³/mol. The lowest BCUT2D eigenvalue weighted by Gasteiger charge is -2.15. The SMILES string of the molecule is Cc1ccc(NC(=O)c2ccccc2NC(=O)c2cc(Br)ccc2OCCC(C)C)cc1C. The number of hydrogen-bond donors (Lipinski definition) is 2. The van der Waals surface area contributed by atoms with E-state index in [0.717, 1.165) is 22.0 Å². The highest BCUT2D eigenvalue weighted by atomic mass is 79.9. The van der Waals surface area contributed by atoms with Gasteiger partial charge in [-0.2, -0.15) is 0 Å². The van der Waals surface area contributed by atoms with Gasteiger partial charge in [0.05, 0.1) is 23.4 Å². The number of carbonyl (C=O) groups is 2. The minimum absolute atomic E-state index is 0.295. The van der Waals surface area contributed by atoms with E-state index in [-0.39, 0.29) is 11.8 Å². The Hall–Kier alpha value is -3.12. The molecule has 0 bridgehead atoms. The van der Waals surface area contributed by atoms with Crippen molar-refractivity contribution in [2.45, 2.75) is 34.1 Å². The number of amides is 2. The zero-order chi connectivity index (χ0) is 24.0. The molecule has 0 spiro atoms. The van der Waals surface area contributed by atoms with Crippen LogP contribution < -0.4 is 15.4 Å². The molecule has 3 aromatic rings. The van der Waals surface area contributed by atoms with E-state index in [4.69, 9.17) is 4.74 Å². The lowest BCUT2D eigenvalue weighted by atomic mass is 10.1. The molecule has 172 valence electrons. The summed E-state index contributed by atoms with van der Waals surface area (Å²) in [7, 11) is 0. The van der Waals surface area contributed by atoms with Crippen LogP contribution in [0.5, 0.6) is 5.75 Å². The molecule has 0 fully saturated rings. The van der Waals surface area contributed by atoms with Gasteiger partial charge in [0.15, 0.2) is 0 Å². The molecule has 2 N–H and O–H groups in total. The first-order valence-electron chi connectivity index (χ1n) is 11.0. The molecule has 0 radical (unpaired) electrons. The van der Waals surface area contributed by atoms with Gasteiger partial charge >= 0.3 is 0 Å². The van der Waals surface area contributed by atoms with Crippen molar-refractivity contribution in [3.05, 3.63) is 87.4 Å². The molecule has 0 heterocycles. The van der Waals surface area contributed by atoms with Crippen molar-refractivity contribution >= 4 is 39.1 Å². The van der Waals surface area contributed by atoms with Crippen LogP contribution in [-0.2, 0) is 0 Å². The number of carbonyl (C=O) groups excluding carboxylic acids is 2. The number of ether oxygens (including phenoxy) is 1. The maximum absolute atomic E-state index is 13.2. The predicted octanol–water partition coefficient (Wildman–Crippen LogP) is 7.00. The molecule has 5 nitrogen and oxygen atoms in total. The molecule has 0 unspecified atom stereocenters. The number of halogens is 1. The maximum atomic E-state index is 13.2. The molecular weight excluding hydrogens is 480 g/mol. The Kier molecular flexibility index (Phi) is 8.28. The Bertz CT molecular complexity index is 1160. The van der Waals surface area contributed by atoms with Crippen molar-refractivity contribution in [2.24, 2.45) is 5.92 Å². The third-order valence-corrected chi connectivity index (χ3v) is 5.82. The van der Waals surface area contributed by atoms with E-state index < -0.39 is 0 Å². The molecule has 0 aliphatic rings. The summed E-state index contributed by atoms with van der Waals surface area (Å²) in [5.74, 6) is 0.368. The Balaban J connectivity index is 1.80. The number of benzene rings is 3. The van der Waals surface area contributed by atoms with Gasteiger partial charge in [0.1, 0.15) is 5.75 Å². The van der Waals surface area contributed by atoms with Crippen LogP contribution in [0, 0.1) is 19.8 Å². The largest absolute Gasteiger partial charge is 0.493 e. The summed E-state index contributed by atoms with van der Waals surface area (Å²) >= 11 is 3.43. The smallest absolute Gasteiger partial charge is 0.259 e. The molecular formula is C27H29BrN2O3. The Morgan fingerprint density at radius 3 is 2.33 bits per heavy atom. The summed E-state index contributed by atoms with van der Waals surface area (Å²) in [6.45, 7) is 8.79. The molecule has 3 aromatic carbocycles. The Morgan fingerprint density at radius 2 is 1.61 bits per heavy atom. The molecule has 6 heteroatoms. The van der Waals surface area contributed by atoms with Crippen LogP contribution >= 0.6 is 15.9 Å². The van der Waals surface area contributed by atoms with Gasteiger partial charge in [-0.1, -0.05) is 48.0 Å². The van der Waals surface area contributed by atoms with Crippen LogP contribution in [0.1, 0.15) is 52.1 Å². The molecule has 0 aliphatic carbocycles. The Labute approximate surface area is 203 Å². The summed E-state index contributed by atoms with van der Waals surface area (Å²) in [6.07, 6.45) is 0.888. The van der Waals surface area contributed by atoms with E-state index in [1.54, 1.807) is 36.4 Å². The number of para-hydroxylation sites is 1. The van der Waals surface area contributed by atoms with Gasteiger partial charge < -0.3 is 15.4 Å². The third-order valence-electron chi connectivity index (χ3n) is 5.32. The fraction of sp³-hybridized carbons (Fsp3) is 0.259. The second kappa shape index (κ2) is 11.1. The van der Waals surface area contributed by atoms with Crippen molar-refractivity contribution < 1.29 is 14.3 Å². The average molecular weight is 509 g/mol. The third kappa shape index (κ3) is 6.68. The van der Waals surface area contributed by atoms with E-state index in [1.165, 1.54) is 0 Å². The minimum atomic E-state index is -0.345. The van der Waals surface area contributed by atoms with Crippen molar-refractivity contribution in [1.82, 2.24) is 0 Å². The van der Waals surface area contributed by atoms with Gasteiger partial charge in [-0.05, 0) is 79.8 Å². The first-order chi connectivity index (χ1) is 15.7. The van der Waals surface area contributed by atoms with Gasteiger partial charge in [-0.3, -0.25) is 9.59 Å². The van der Waals surface area contributed by atoms with E-state index in [9.17, 15) is 9.59 Å². The first-order valence-corrected chi connectivity index (χ1v) is 11.7. The summed E-state index contributed by atoms with van der Waals surface area (Å²) in [6, 6.07) is 18.0. The molecule has 0 saturated carbocycles. The van der Waals surface area contributed by atoms with Crippen molar-refractivity contribution in [3.63, 3.8) is 0 Å². The van der Waals surface area contributed by atoms with Crippen LogP contribution in [0.25, 0.3) is 0 Å². The molecule has 0 aliphatic heterocycles. The van der Waals surface area contributed by atoms with Crippen molar-refractivity contribution in [1.29, 1.82) is 0 Å². The van der Waals surface area contributed by atoms with Crippen LogP contribution in [0.3, 0.4) is 0 Å². The minimum Gasteiger partial charge on any atom is -0.493 e.